The molecule has 2 fully saturated rings. The highest BCUT2D eigenvalue weighted by Gasteiger charge is 2.44. The van der Waals surface area contributed by atoms with E-state index in [1.165, 1.54) is 12.1 Å². The monoisotopic (exact) mass is 483 g/mol. The molecule has 2 atom stereocenters. The third-order valence-corrected chi connectivity index (χ3v) is 7.63. The van der Waals surface area contributed by atoms with Gasteiger partial charge in [0.15, 0.2) is 0 Å². The standard InChI is InChI=1S/C28H35F2N3O2/c1-28(2,3)33-16-23(21-10-9-19(29)15-25(21)30)24(17-33)27(35)32-13-11-18(12-14-32)20-7-5-6-8-22(20)26(34)31-4/h5-10,15,18,23-24H,11-14,16-17H2,1-4H3,(H,31,34)/t23-,24?/m0/s1. The molecule has 7 heteroatoms. The minimum Gasteiger partial charge on any atom is -0.355 e. The maximum Gasteiger partial charge on any atom is 0.251 e. The SMILES string of the molecule is CNC(=O)c1ccccc1C1CCN(C(=O)C2CN(C(C)(C)C)C[C@H]2c2ccc(F)cc2F)CC1. The molecule has 0 aliphatic carbocycles. The van der Waals surface area contributed by atoms with E-state index in [2.05, 4.69) is 31.0 Å². The molecule has 0 bridgehead atoms. The van der Waals surface area contributed by atoms with Crippen molar-refractivity contribution >= 4 is 11.8 Å². The fraction of sp³-hybridized carbons (Fsp3) is 0.500. The highest BCUT2D eigenvalue weighted by atomic mass is 19.1. The van der Waals surface area contributed by atoms with Crippen LogP contribution >= 0.6 is 0 Å². The van der Waals surface area contributed by atoms with E-state index in [1.54, 1.807) is 7.05 Å². The van der Waals surface area contributed by atoms with Gasteiger partial charge in [-0.15, -0.1) is 0 Å². The summed E-state index contributed by atoms with van der Waals surface area (Å²) < 4.78 is 28.3. The molecular weight excluding hydrogens is 448 g/mol. The van der Waals surface area contributed by atoms with Crippen LogP contribution in [0.3, 0.4) is 0 Å². The van der Waals surface area contributed by atoms with E-state index in [0.29, 0.717) is 37.3 Å². The average molecular weight is 484 g/mol. The third kappa shape index (κ3) is 5.25. The molecule has 0 aromatic heterocycles. The lowest BCUT2D eigenvalue weighted by molar-refractivity contribution is -0.136. The van der Waals surface area contributed by atoms with Crippen LogP contribution in [0.1, 0.15) is 66.9 Å². The Morgan fingerprint density at radius 2 is 1.66 bits per heavy atom. The van der Waals surface area contributed by atoms with Gasteiger partial charge in [-0.2, -0.15) is 0 Å². The van der Waals surface area contributed by atoms with Gasteiger partial charge in [0.05, 0.1) is 5.92 Å². The van der Waals surface area contributed by atoms with Gasteiger partial charge in [-0.1, -0.05) is 24.3 Å². The molecule has 1 N–H and O–H groups in total. The van der Waals surface area contributed by atoms with Crippen molar-refractivity contribution in [1.29, 1.82) is 0 Å². The van der Waals surface area contributed by atoms with Crippen molar-refractivity contribution in [2.75, 3.05) is 33.2 Å². The number of hydrogen-bond acceptors (Lipinski definition) is 3. The molecule has 188 valence electrons. The molecule has 0 radical (unpaired) electrons. The quantitative estimate of drug-likeness (QED) is 0.695. The summed E-state index contributed by atoms with van der Waals surface area (Å²) in [6.07, 6.45) is 1.54. The van der Waals surface area contributed by atoms with Crippen LogP contribution in [0.2, 0.25) is 0 Å². The Balaban J connectivity index is 1.52. The Morgan fingerprint density at radius 1 is 0.971 bits per heavy atom. The predicted octanol–water partition coefficient (Wildman–Crippen LogP) is 4.54. The molecule has 2 aliphatic rings. The summed E-state index contributed by atoms with van der Waals surface area (Å²) in [5.74, 6) is -1.78. The number of halogens is 2. The lowest BCUT2D eigenvalue weighted by Gasteiger charge is -2.35. The lowest BCUT2D eigenvalue weighted by atomic mass is 9.84. The second-order valence-corrected chi connectivity index (χ2v) is 10.7. The molecule has 2 saturated heterocycles. The van der Waals surface area contributed by atoms with Crippen LogP contribution in [0.25, 0.3) is 0 Å². The van der Waals surface area contributed by atoms with Crippen molar-refractivity contribution in [2.45, 2.75) is 51.0 Å². The largest absolute Gasteiger partial charge is 0.355 e. The molecule has 2 aliphatic heterocycles. The summed E-state index contributed by atoms with van der Waals surface area (Å²) >= 11 is 0. The zero-order valence-corrected chi connectivity index (χ0v) is 21.0. The zero-order valence-electron chi connectivity index (χ0n) is 21.0. The maximum atomic E-state index is 14.8. The minimum absolute atomic E-state index is 0.0310. The van der Waals surface area contributed by atoms with Crippen LogP contribution in [0.4, 0.5) is 8.78 Å². The molecule has 2 heterocycles. The molecule has 35 heavy (non-hydrogen) atoms. The van der Waals surface area contributed by atoms with Gasteiger partial charge >= 0.3 is 0 Å². The highest BCUT2D eigenvalue weighted by molar-refractivity contribution is 5.95. The van der Waals surface area contributed by atoms with E-state index in [9.17, 15) is 18.4 Å². The normalized spacial score (nSPS) is 21.8. The number of likely N-dealkylation sites (tertiary alicyclic amines) is 2. The Labute approximate surface area is 206 Å². The highest BCUT2D eigenvalue weighted by Crippen LogP contribution is 2.39. The van der Waals surface area contributed by atoms with E-state index in [0.717, 1.165) is 24.5 Å². The summed E-state index contributed by atoms with van der Waals surface area (Å²) in [7, 11) is 1.63. The second-order valence-electron chi connectivity index (χ2n) is 10.7. The van der Waals surface area contributed by atoms with Crippen LogP contribution in [0.5, 0.6) is 0 Å². The fourth-order valence-corrected chi connectivity index (χ4v) is 5.56. The Hall–Kier alpha value is -2.80. The fourth-order valence-electron chi connectivity index (χ4n) is 5.56. The van der Waals surface area contributed by atoms with Crippen LogP contribution in [-0.4, -0.2) is 60.4 Å². The number of rotatable bonds is 4. The molecule has 2 aromatic carbocycles. The second kappa shape index (κ2) is 10.1. The van der Waals surface area contributed by atoms with Gasteiger partial charge in [0.25, 0.3) is 5.91 Å². The molecule has 2 amide bonds. The molecule has 0 saturated carbocycles. The van der Waals surface area contributed by atoms with E-state index >= 15 is 0 Å². The van der Waals surface area contributed by atoms with Gasteiger partial charge in [-0.05, 0) is 62.8 Å². The topological polar surface area (TPSA) is 52.7 Å². The first-order chi connectivity index (χ1) is 16.6. The summed E-state index contributed by atoms with van der Waals surface area (Å²) in [4.78, 5) is 30.2. The summed E-state index contributed by atoms with van der Waals surface area (Å²) in [5, 5.41) is 2.71. The number of benzene rings is 2. The van der Waals surface area contributed by atoms with Gasteiger partial charge in [0, 0.05) is 56.3 Å². The van der Waals surface area contributed by atoms with E-state index in [4.69, 9.17) is 0 Å². The van der Waals surface area contributed by atoms with Crippen molar-refractivity contribution in [3.05, 3.63) is 70.8 Å². The van der Waals surface area contributed by atoms with Crippen LogP contribution in [-0.2, 0) is 4.79 Å². The molecule has 0 spiro atoms. The van der Waals surface area contributed by atoms with Gasteiger partial charge in [0.2, 0.25) is 5.91 Å². The number of piperidine rings is 1. The summed E-state index contributed by atoms with van der Waals surface area (Å²) in [6.45, 7) is 8.56. The van der Waals surface area contributed by atoms with E-state index in [-0.39, 0.29) is 35.1 Å². The van der Waals surface area contributed by atoms with Crippen LogP contribution in [0, 0.1) is 17.6 Å². The van der Waals surface area contributed by atoms with Gasteiger partial charge < -0.3 is 10.2 Å². The van der Waals surface area contributed by atoms with Gasteiger partial charge in [0.1, 0.15) is 11.6 Å². The van der Waals surface area contributed by atoms with Crippen LogP contribution in [0.15, 0.2) is 42.5 Å². The van der Waals surface area contributed by atoms with E-state index < -0.39 is 11.6 Å². The predicted molar refractivity (Wildman–Crippen MR) is 132 cm³/mol. The Morgan fingerprint density at radius 3 is 2.29 bits per heavy atom. The van der Waals surface area contributed by atoms with Crippen molar-refractivity contribution in [3.63, 3.8) is 0 Å². The maximum absolute atomic E-state index is 14.8. The number of amides is 2. The molecular formula is C28H35F2N3O2. The number of hydrogen-bond donors (Lipinski definition) is 1. The third-order valence-electron chi connectivity index (χ3n) is 7.63. The van der Waals surface area contributed by atoms with Crippen LogP contribution < -0.4 is 5.32 Å². The van der Waals surface area contributed by atoms with Crippen molar-refractivity contribution < 1.29 is 18.4 Å². The minimum atomic E-state index is -0.612. The smallest absolute Gasteiger partial charge is 0.251 e. The first-order valence-corrected chi connectivity index (χ1v) is 12.4. The summed E-state index contributed by atoms with van der Waals surface area (Å²) in [5.41, 5.74) is 1.94. The Kier molecular flexibility index (Phi) is 7.27. The van der Waals surface area contributed by atoms with Gasteiger partial charge in [-0.3, -0.25) is 14.5 Å². The van der Waals surface area contributed by atoms with Crippen molar-refractivity contribution in [2.24, 2.45) is 5.92 Å². The zero-order chi connectivity index (χ0) is 25.3. The summed E-state index contributed by atoms with van der Waals surface area (Å²) in [6, 6.07) is 11.3. The molecule has 5 nitrogen and oxygen atoms in total. The molecule has 1 unspecified atom stereocenters. The molecule has 4 rings (SSSR count). The van der Waals surface area contributed by atoms with E-state index in [1.807, 2.05) is 29.2 Å². The average Bonchev–Trinajstić information content (AvgIpc) is 3.29. The molecule has 2 aromatic rings. The Bertz CT molecular complexity index is 1090. The number of carbonyl (C=O) groups excluding carboxylic acids is 2. The van der Waals surface area contributed by atoms with Crippen molar-refractivity contribution in [3.8, 4) is 0 Å². The van der Waals surface area contributed by atoms with Crippen molar-refractivity contribution in [1.82, 2.24) is 15.1 Å². The number of nitrogens with zero attached hydrogens (tertiary/aromatic N) is 2. The first-order valence-electron chi connectivity index (χ1n) is 12.4. The number of nitrogens with one attached hydrogen (secondary N) is 1. The van der Waals surface area contributed by atoms with Gasteiger partial charge in [-0.25, -0.2) is 8.78 Å². The first kappa shape index (κ1) is 25.3. The number of carbonyl (C=O) groups is 2. The lowest BCUT2D eigenvalue weighted by Crippen LogP contribution is -2.44.